The Morgan fingerprint density at radius 3 is 2.86 bits per heavy atom. The molecule has 37 heavy (non-hydrogen) atoms. The lowest BCUT2D eigenvalue weighted by Crippen LogP contribution is -2.37. The Bertz CT molecular complexity index is 1440. The number of thioether (sulfide) groups is 1. The van der Waals surface area contributed by atoms with Gasteiger partial charge in [0.05, 0.1) is 14.7 Å². The second-order valence-electron chi connectivity index (χ2n) is 7.53. The highest BCUT2D eigenvalue weighted by Gasteiger charge is 2.34. The number of H-pyrrole nitrogens is 1. The van der Waals surface area contributed by atoms with E-state index in [-0.39, 0.29) is 40.9 Å². The van der Waals surface area contributed by atoms with Crippen molar-refractivity contribution in [2.45, 2.75) is 10.1 Å². The number of ether oxygens (including phenoxy) is 2. The van der Waals surface area contributed by atoms with Gasteiger partial charge in [0.15, 0.2) is 16.7 Å². The molecular formula is C22H16N6O7S2. The average molecular weight is 541 g/mol. The first kappa shape index (κ1) is 24.3. The standard InChI is InChI=1S/C22H16N6O7S2/c29-19(13-2-4-17(14(9-13)28(32)33)36-21-24-10-25-26-21)23-5-6-27-20(30)18(37-22(27)31)8-12-1-3-15-16(7-12)35-11-34-15/h1-4,7-10H,5-6,11H2,(H,23,29)(H,24,25,26)/b18-8+. The summed E-state index contributed by atoms with van der Waals surface area (Å²) in [5.41, 5.74) is 0.466. The first-order valence-electron chi connectivity index (χ1n) is 10.6. The summed E-state index contributed by atoms with van der Waals surface area (Å²) in [7, 11) is 0. The molecule has 0 spiro atoms. The summed E-state index contributed by atoms with van der Waals surface area (Å²) in [5, 5.41) is 20.3. The Labute approximate surface area is 216 Å². The number of carbonyl (C=O) groups excluding carboxylic acids is 3. The Morgan fingerprint density at radius 1 is 1.24 bits per heavy atom. The van der Waals surface area contributed by atoms with E-state index in [9.17, 15) is 24.5 Å². The molecule has 3 aromatic rings. The normalized spacial score (nSPS) is 15.5. The van der Waals surface area contributed by atoms with Gasteiger partial charge in [0.2, 0.25) is 6.79 Å². The van der Waals surface area contributed by atoms with Crippen molar-refractivity contribution in [1.82, 2.24) is 25.4 Å². The molecule has 0 bridgehead atoms. The van der Waals surface area contributed by atoms with Crippen LogP contribution in [0.2, 0.25) is 0 Å². The van der Waals surface area contributed by atoms with Gasteiger partial charge in [-0.3, -0.25) is 34.5 Å². The van der Waals surface area contributed by atoms with Crippen molar-refractivity contribution in [3.05, 3.63) is 68.9 Å². The van der Waals surface area contributed by atoms with Crippen molar-refractivity contribution in [3.8, 4) is 11.5 Å². The lowest BCUT2D eigenvalue weighted by molar-refractivity contribution is -0.387. The number of nitro groups is 1. The molecule has 0 saturated carbocycles. The van der Waals surface area contributed by atoms with E-state index in [0.717, 1.165) is 34.5 Å². The molecule has 188 valence electrons. The monoisotopic (exact) mass is 540 g/mol. The van der Waals surface area contributed by atoms with E-state index in [4.69, 9.17) is 9.47 Å². The molecule has 2 aromatic carbocycles. The van der Waals surface area contributed by atoms with Gasteiger partial charge < -0.3 is 14.8 Å². The number of aromatic amines is 1. The Balaban J connectivity index is 1.20. The fraction of sp³-hybridized carbons (Fsp3) is 0.136. The minimum Gasteiger partial charge on any atom is -0.454 e. The van der Waals surface area contributed by atoms with Gasteiger partial charge in [0, 0.05) is 24.7 Å². The molecule has 0 aliphatic carbocycles. The van der Waals surface area contributed by atoms with Gasteiger partial charge in [0.1, 0.15) is 6.33 Å². The summed E-state index contributed by atoms with van der Waals surface area (Å²) in [6.45, 7) is 0.0348. The Kier molecular flexibility index (Phi) is 6.78. The number of carbonyl (C=O) groups is 3. The van der Waals surface area contributed by atoms with Crippen LogP contribution in [0.15, 0.2) is 57.7 Å². The van der Waals surface area contributed by atoms with E-state index >= 15 is 0 Å². The molecule has 3 amide bonds. The van der Waals surface area contributed by atoms with Crippen molar-refractivity contribution in [2.75, 3.05) is 19.9 Å². The Hall–Kier alpha value is -4.37. The maximum atomic E-state index is 12.7. The number of amides is 3. The third-order valence-corrected chi connectivity index (χ3v) is 7.07. The van der Waals surface area contributed by atoms with Crippen LogP contribution in [0, 0.1) is 10.1 Å². The number of nitrogens with zero attached hydrogens (tertiary/aromatic N) is 4. The maximum Gasteiger partial charge on any atom is 0.293 e. The molecule has 5 rings (SSSR count). The molecule has 2 aliphatic rings. The highest BCUT2D eigenvalue weighted by molar-refractivity contribution is 8.18. The summed E-state index contributed by atoms with van der Waals surface area (Å²) in [6, 6.07) is 9.22. The number of nitro benzene ring substituents is 1. The summed E-state index contributed by atoms with van der Waals surface area (Å²) in [6.07, 6.45) is 2.86. The van der Waals surface area contributed by atoms with E-state index < -0.39 is 22.0 Å². The molecular weight excluding hydrogens is 524 g/mol. The van der Waals surface area contributed by atoms with Crippen LogP contribution in [0.5, 0.6) is 11.5 Å². The van der Waals surface area contributed by atoms with E-state index in [1.807, 2.05) is 0 Å². The van der Waals surface area contributed by atoms with E-state index in [1.165, 1.54) is 18.5 Å². The molecule has 13 nitrogen and oxygen atoms in total. The first-order valence-corrected chi connectivity index (χ1v) is 12.3. The lowest BCUT2D eigenvalue weighted by Gasteiger charge is -2.13. The molecule has 15 heteroatoms. The van der Waals surface area contributed by atoms with E-state index in [0.29, 0.717) is 22.2 Å². The molecule has 0 atom stereocenters. The van der Waals surface area contributed by atoms with E-state index in [1.54, 1.807) is 24.3 Å². The van der Waals surface area contributed by atoms with Gasteiger partial charge in [-0.25, -0.2) is 4.98 Å². The van der Waals surface area contributed by atoms with Crippen LogP contribution in [-0.4, -0.2) is 61.9 Å². The summed E-state index contributed by atoms with van der Waals surface area (Å²) in [5.74, 6) is 0.101. The molecule has 0 radical (unpaired) electrons. The average Bonchev–Trinajstić information content (AvgIpc) is 3.62. The van der Waals surface area contributed by atoms with Crippen molar-refractivity contribution in [2.24, 2.45) is 0 Å². The van der Waals surface area contributed by atoms with Gasteiger partial charge in [0.25, 0.3) is 22.7 Å². The van der Waals surface area contributed by atoms with Crippen molar-refractivity contribution < 1.29 is 28.8 Å². The third kappa shape index (κ3) is 5.26. The SMILES string of the molecule is O=C(NCCN1C(=O)S/C(=C/c2ccc3c(c2)OCO3)C1=O)c1ccc(Sc2ncn[nH]2)c([N+](=O)[O-])c1. The van der Waals surface area contributed by atoms with Crippen LogP contribution in [0.1, 0.15) is 15.9 Å². The molecule has 1 aromatic heterocycles. The predicted octanol–water partition coefficient (Wildman–Crippen LogP) is 3.06. The molecule has 0 unspecified atom stereocenters. The Morgan fingerprint density at radius 2 is 2.08 bits per heavy atom. The third-order valence-electron chi connectivity index (χ3n) is 5.21. The highest BCUT2D eigenvalue weighted by atomic mass is 32.2. The minimum atomic E-state index is -0.595. The van der Waals surface area contributed by atoms with Crippen LogP contribution < -0.4 is 14.8 Å². The van der Waals surface area contributed by atoms with Gasteiger partial charge in [-0.1, -0.05) is 6.07 Å². The second-order valence-corrected chi connectivity index (χ2v) is 9.56. The molecule has 3 heterocycles. The zero-order chi connectivity index (χ0) is 25.9. The summed E-state index contributed by atoms with van der Waals surface area (Å²) < 4.78 is 10.6. The predicted molar refractivity (Wildman–Crippen MR) is 131 cm³/mol. The quantitative estimate of drug-likeness (QED) is 0.244. The topological polar surface area (TPSA) is 170 Å². The van der Waals surface area contributed by atoms with Crippen LogP contribution in [0.3, 0.4) is 0 Å². The second kappa shape index (κ2) is 10.3. The largest absolute Gasteiger partial charge is 0.454 e. The number of imide groups is 1. The van der Waals surface area contributed by atoms with Crippen molar-refractivity contribution >= 4 is 52.3 Å². The van der Waals surface area contributed by atoms with Crippen LogP contribution in [-0.2, 0) is 4.79 Å². The number of nitrogens with one attached hydrogen (secondary N) is 2. The van der Waals surface area contributed by atoms with E-state index in [2.05, 4.69) is 20.5 Å². The van der Waals surface area contributed by atoms with Gasteiger partial charge in [-0.05, 0) is 59.4 Å². The zero-order valence-corrected chi connectivity index (χ0v) is 20.3. The lowest BCUT2D eigenvalue weighted by atomic mass is 10.2. The molecule has 1 fully saturated rings. The molecule has 2 aliphatic heterocycles. The minimum absolute atomic E-state index is 0.0312. The number of rotatable bonds is 8. The van der Waals surface area contributed by atoms with Gasteiger partial charge >= 0.3 is 0 Å². The van der Waals surface area contributed by atoms with Crippen LogP contribution >= 0.6 is 23.5 Å². The fourth-order valence-electron chi connectivity index (χ4n) is 3.47. The van der Waals surface area contributed by atoms with Crippen molar-refractivity contribution in [3.63, 3.8) is 0 Å². The first-order chi connectivity index (χ1) is 17.9. The summed E-state index contributed by atoms with van der Waals surface area (Å²) in [4.78, 5) is 54.1. The fourth-order valence-corrected chi connectivity index (χ4v) is 5.11. The number of aromatic nitrogens is 3. The van der Waals surface area contributed by atoms with Gasteiger partial charge in [-0.2, -0.15) is 5.10 Å². The number of fused-ring (bicyclic) bond motifs is 1. The number of benzene rings is 2. The summed E-state index contributed by atoms with van der Waals surface area (Å²) >= 11 is 1.80. The molecule has 1 saturated heterocycles. The van der Waals surface area contributed by atoms with Crippen LogP contribution in [0.25, 0.3) is 6.08 Å². The number of hydrogen-bond acceptors (Lipinski definition) is 11. The smallest absolute Gasteiger partial charge is 0.293 e. The van der Waals surface area contributed by atoms with Gasteiger partial charge in [-0.15, -0.1) is 0 Å². The van der Waals surface area contributed by atoms with Crippen LogP contribution in [0.4, 0.5) is 10.5 Å². The zero-order valence-electron chi connectivity index (χ0n) is 18.7. The maximum absolute atomic E-state index is 12.7. The van der Waals surface area contributed by atoms with Crippen molar-refractivity contribution in [1.29, 1.82) is 0 Å². The molecule has 2 N–H and O–H groups in total. The number of hydrogen-bond donors (Lipinski definition) is 2. The highest BCUT2D eigenvalue weighted by Crippen LogP contribution is 2.36.